The maximum Gasteiger partial charge on any atom is 0.320 e. The molecule has 0 unspecified atom stereocenters. The molecular formula is C13H21ClO5. The largest absolute Gasteiger partial charge is 0.464 e. The van der Waals surface area contributed by atoms with Crippen LogP contribution in [0.3, 0.4) is 0 Å². The molecule has 0 spiro atoms. The second-order valence-corrected chi connectivity index (χ2v) is 5.42. The molecular weight excluding hydrogens is 272 g/mol. The number of carbonyl (C=O) groups excluding carboxylic acids is 2. The second-order valence-electron chi connectivity index (χ2n) is 5.15. The van der Waals surface area contributed by atoms with Crippen molar-refractivity contribution >= 4 is 23.5 Å². The Morgan fingerprint density at radius 3 is 2.89 bits per heavy atom. The first-order valence-corrected chi connectivity index (χ1v) is 7.06. The van der Waals surface area contributed by atoms with Crippen molar-refractivity contribution in [3.8, 4) is 0 Å². The van der Waals surface area contributed by atoms with Crippen LogP contribution in [-0.4, -0.2) is 41.7 Å². The van der Waals surface area contributed by atoms with Crippen molar-refractivity contribution in [2.24, 2.45) is 11.8 Å². The average Bonchev–Trinajstić information content (AvgIpc) is 2.38. The SMILES string of the molecule is C[C@@H]1CC[C@H]([C@@H](C)COC(=O)CCl)OC(=O)C[C@@H]1O. The number of aliphatic hydroxyl groups excluding tert-OH is 1. The molecule has 19 heavy (non-hydrogen) atoms. The topological polar surface area (TPSA) is 72.8 Å². The highest BCUT2D eigenvalue weighted by atomic mass is 35.5. The van der Waals surface area contributed by atoms with E-state index in [-0.39, 0.29) is 36.8 Å². The summed E-state index contributed by atoms with van der Waals surface area (Å²) in [5, 5.41) is 9.70. The van der Waals surface area contributed by atoms with Gasteiger partial charge in [-0.15, -0.1) is 11.6 Å². The van der Waals surface area contributed by atoms with Crippen LogP contribution in [0.2, 0.25) is 0 Å². The highest BCUT2D eigenvalue weighted by Crippen LogP contribution is 2.24. The fourth-order valence-corrected chi connectivity index (χ4v) is 2.12. The standard InChI is InChI=1S/C13H21ClO5/c1-8-3-4-11(19-12(16)5-10(8)15)9(2)7-18-13(17)6-14/h8-11,15H,3-7H2,1-2H3/t8-,9+,10+,11-/m1/s1. The van der Waals surface area contributed by atoms with E-state index in [1.54, 1.807) is 0 Å². The van der Waals surface area contributed by atoms with Crippen molar-refractivity contribution in [2.45, 2.75) is 45.3 Å². The predicted molar refractivity (Wildman–Crippen MR) is 69.7 cm³/mol. The molecule has 0 amide bonds. The van der Waals surface area contributed by atoms with Gasteiger partial charge in [-0.25, -0.2) is 0 Å². The van der Waals surface area contributed by atoms with Gasteiger partial charge in [0.25, 0.3) is 0 Å². The van der Waals surface area contributed by atoms with Crippen LogP contribution in [0.5, 0.6) is 0 Å². The van der Waals surface area contributed by atoms with Crippen LogP contribution in [0, 0.1) is 11.8 Å². The van der Waals surface area contributed by atoms with E-state index in [9.17, 15) is 14.7 Å². The van der Waals surface area contributed by atoms with Crippen molar-refractivity contribution in [1.82, 2.24) is 0 Å². The van der Waals surface area contributed by atoms with E-state index >= 15 is 0 Å². The third-order valence-electron chi connectivity index (χ3n) is 3.47. The van der Waals surface area contributed by atoms with Crippen LogP contribution in [0.25, 0.3) is 0 Å². The molecule has 0 bridgehead atoms. The number of alkyl halides is 1. The third-order valence-corrected chi connectivity index (χ3v) is 3.69. The van der Waals surface area contributed by atoms with Gasteiger partial charge in [0.15, 0.2) is 0 Å². The van der Waals surface area contributed by atoms with E-state index in [1.165, 1.54) is 0 Å². The summed E-state index contributed by atoms with van der Waals surface area (Å²) in [6.07, 6.45) is 0.519. The minimum atomic E-state index is -0.641. The van der Waals surface area contributed by atoms with E-state index < -0.39 is 18.0 Å². The number of hydrogen-bond donors (Lipinski definition) is 1. The molecule has 110 valence electrons. The van der Waals surface area contributed by atoms with Gasteiger partial charge >= 0.3 is 11.9 Å². The Morgan fingerprint density at radius 1 is 1.58 bits per heavy atom. The molecule has 6 heteroatoms. The lowest BCUT2D eigenvalue weighted by Crippen LogP contribution is -2.35. The summed E-state index contributed by atoms with van der Waals surface area (Å²) >= 11 is 5.34. The van der Waals surface area contributed by atoms with Crippen LogP contribution in [0.15, 0.2) is 0 Å². The van der Waals surface area contributed by atoms with Gasteiger partial charge in [-0.3, -0.25) is 9.59 Å². The molecule has 0 saturated carbocycles. The minimum Gasteiger partial charge on any atom is -0.464 e. The van der Waals surface area contributed by atoms with Gasteiger partial charge in [0.05, 0.1) is 19.1 Å². The summed E-state index contributed by atoms with van der Waals surface area (Å²) in [6.45, 7) is 3.96. The van der Waals surface area contributed by atoms with Crippen LogP contribution < -0.4 is 0 Å². The van der Waals surface area contributed by atoms with Crippen LogP contribution in [0.4, 0.5) is 0 Å². The number of cyclic esters (lactones) is 1. The van der Waals surface area contributed by atoms with Gasteiger partial charge in [-0.1, -0.05) is 13.8 Å². The van der Waals surface area contributed by atoms with Crippen LogP contribution in [0.1, 0.15) is 33.1 Å². The molecule has 0 aliphatic carbocycles. The Kier molecular flexibility index (Phi) is 6.58. The zero-order valence-electron chi connectivity index (χ0n) is 11.3. The highest BCUT2D eigenvalue weighted by molar-refractivity contribution is 6.26. The smallest absolute Gasteiger partial charge is 0.320 e. The molecule has 5 nitrogen and oxygen atoms in total. The number of ether oxygens (including phenoxy) is 2. The first kappa shape index (κ1) is 16.2. The Balaban J connectivity index is 2.51. The van der Waals surface area contributed by atoms with Crippen LogP contribution in [-0.2, 0) is 19.1 Å². The maximum absolute atomic E-state index is 11.6. The van der Waals surface area contributed by atoms with Gasteiger partial charge in [0.1, 0.15) is 12.0 Å². The van der Waals surface area contributed by atoms with E-state index in [4.69, 9.17) is 21.1 Å². The van der Waals surface area contributed by atoms with Gasteiger partial charge in [-0.2, -0.15) is 0 Å². The molecule has 1 heterocycles. The highest BCUT2D eigenvalue weighted by Gasteiger charge is 2.29. The fourth-order valence-electron chi connectivity index (χ4n) is 2.04. The molecule has 0 radical (unpaired) electrons. The minimum absolute atomic E-state index is 0.0197. The Hall–Kier alpha value is -0.810. The lowest BCUT2D eigenvalue weighted by Gasteiger charge is -2.29. The Labute approximate surface area is 118 Å². The van der Waals surface area contributed by atoms with E-state index in [0.717, 1.165) is 6.42 Å². The Bertz CT molecular complexity index is 320. The van der Waals surface area contributed by atoms with E-state index in [1.807, 2.05) is 13.8 Å². The van der Waals surface area contributed by atoms with Gasteiger partial charge in [-0.05, 0) is 18.8 Å². The fraction of sp³-hybridized carbons (Fsp3) is 0.846. The van der Waals surface area contributed by atoms with Crippen molar-refractivity contribution in [1.29, 1.82) is 0 Å². The number of rotatable bonds is 4. The zero-order valence-corrected chi connectivity index (χ0v) is 12.1. The average molecular weight is 293 g/mol. The van der Waals surface area contributed by atoms with Crippen LogP contribution >= 0.6 is 11.6 Å². The van der Waals surface area contributed by atoms with E-state index in [2.05, 4.69) is 0 Å². The quantitative estimate of drug-likeness (QED) is 0.628. The molecule has 1 aliphatic heterocycles. The molecule has 1 N–H and O–H groups in total. The molecule has 1 rings (SSSR count). The molecule has 1 saturated heterocycles. The van der Waals surface area contributed by atoms with Crippen molar-refractivity contribution < 1.29 is 24.2 Å². The number of aliphatic hydroxyl groups is 1. The number of hydrogen-bond acceptors (Lipinski definition) is 5. The van der Waals surface area contributed by atoms with Gasteiger partial charge in [0.2, 0.25) is 0 Å². The molecule has 0 aromatic heterocycles. The second kappa shape index (κ2) is 7.70. The molecule has 1 fully saturated rings. The summed E-state index contributed by atoms with van der Waals surface area (Å²) in [6, 6.07) is 0. The summed E-state index contributed by atoms with van der Waals surface area (Å²) in [5.74, 6) is -1.08. The predicted octanol–water partition coefficient (Wildman–Crippen LogP) is 1.50. The van der Waals surface area contributed by atoms with E-state index in [0.29, 0.717) is 6.42 Å². The third kappa shape index (κ3) is 5.37. The van der Waals surface area contributed by atoms with Crippen molar-refractivity contribution in [3.63, 3.8) is 0 Å². The van der Waals surface area contributed by atoms with Gasteiger partial charge < -0.3 is 14.6 Å². The lowest BCUT2D eigenvalue weighted by atomic mass is 9.90. The lowest BCUT2D eigenvalue weighted by molar-refractivity contribution is -0.159. The maximum atomic E-state index is 11.6. The molecule has 0 aromatic carbocycles. The zero-order chi connectivity index (χ0) is 14.4. The summed E-state index contributed by atoms with van der Waals surface area (Å²) < 4.78 is 10.3. The van der Waals surface area contributed by atoms with Crippen molar-refractivity contribution in [3.05, 3.63) is 0 Å². The first-order valence-electron chi connectivity index (χ1n) is 6.53. The summed E-state index contributed by atoms with van der Waals surface area (Å²) in [7, 11) is 0. The normalized spacial score (nSPS) is 29.9. The molecule has 0 aromatic rings. The summed E-state index contributed by atoms with van der Waals surface area (Å²) in [5.41, 5.74) is 0. The van der Waals surface area contributed by atoms with Gasteiger partial charge in [0, 0.05) is 5.92 Å². The number of halogens is 1. The first-order chi connectivity index (χ1) is 8.93. The molecule has 1 aliphatic rings. The summed E-state index contributed by atoms with van der Waals surface area (Å²) in [4.78, 5) is 22.6. The molecule has 4 atom stereocenters. The Morgan fingerprint density at radius 2 is 2.26 bits per heavy atom. The number of esters is 2. The monoisotopic (exact) mass is 292 g/mol. The number of carbonyl (C=O) groups is 2. The van der Waals surface area contributed by atoms with Crippen molar-refractivity contribution in [2.75, 3.05) is 12.5 Å².